The van der Waals surface area contributed by atoms with Crippen molar-refractivity contribution in [1.29, 1.82) is 0 Å². The van der Waals surface area contributed by atoms with Crippen LogP contribution in [0.1, 0.15) is 11.1 Å². The number of carboxylic acid groups (broad SMARTS) is 1. The van der Waals surface area contributed by atoms with Crippen molar-refractivity contribution in [2.45, 2.75) is 24.9 Å². The van der Waals surface area contributed by atoms with Gasteiger partial charge in [-0.1, -0.05) is 12.1 Å². The van der Waals surface area contributed by atoms with Gasteiger partial charge in [-0.2, -0.15) is 26.3 Å². The fourth-order valence-electron chi connectivity index (χ4n) is 3.17. The highest BCUT2D eigenvalue weighted by Crippen LogP contribution is 2.40. The molecule has 0 spiro atoms. The Morgan fingerprint density at radius 3 is 2.32 bits per heavy atom. The van der Waals surface area contributed by atoms with Crippen LogP contribution in [0.4, 0.5) is 32.2 Å². The number of hydrogen-bond donors (Lipinski definition) is 4. The lowest BCUT2D eigenvalue weighted by Crippen LogP contribution is -2.45. The molecular formula is C21H17F6N5O5. The van der Waals surface area contributed by atoms with Crippen molar-refractivity contribution in [3.05, 3.63) is 54.3 Å². The van der Waals surface area contributed by atoms with Crippen LogP contribution in [0.25, 0.3) is 28.4 Å². The maximum absolute atomic E-state index is 13.4. The van der Waals surface area contributed by atoms with Gasteiger partial charge in [0.25, 0.3) is 0 Å². The van der Waals surface area contributed by atoms with E-state index in [1.165, 1.54) is 30.9 Å². The monoisotopic (exact) mass is 533 g/mol. The zero-order valence-corrected chi connectivity index (χ0v) is 18.5. The van der Waals surface area contributed by atoms with E-state index in [1.807, 2.05) is 0 Å². The van der Waals surface area contributed by atoms with E-state index in [9.17, 15) is 36.6 Å². The molecule has 0 fully saturated rings. The molecule has 0 aliphatic carbocycles. The Balaban J connectivity index is 0.000000479. The summed E-state index contributed by atoms with van der Waals surface area (Å²) in [6.07, 6.45) is -4.47. The van der Waals surface area contributed by atoms with Gasteiger partial charge in [-0.3, -0.25) is 4.40 Å². The van der Waals surface area contributed by atoms with Gasteiger partial charge in [0.05, 0.1) is 24.7 Å². The topological polar surface area (TPSA) is 160 Å². The maximum Gasteiger partial charge on any atom is 0.490 e. The molecule has 0 saturated carbocycles. The molecule has 5 N–H and O–H groups in total. The minimum Gasteiger partial charge on any atom is -0.475 e. The van der Waals surface area contributed by atoms with E-state index in [0.29, 0.717) is 33.9 Å². The van der Waals surface area contributed by atoms with Gasteiger partial charge in [0.15, 0.2) is 23.6 Å². The number of nitrogens with zero attached hydrogens (tertiary/aromatic N) is 4. The molecule has 1 unspecified atom stereocenters. The number of carboxylic acids is 1. The van der Waals surface area contributed by atoms with Crippen LogP contribution in [-0.4, -0.2) is 59.6 Å². The quantitative estimate of drug-likeness (QED) is 0.289. The number of imidazole rings is 1. The van der Waals surface area contributed by atoms with E-state index >= 15 is 0 Å². The third-order valence-corrected chi connectivity index (χ3v) is 5.13. The number of hydrogen-bond acceptors (Lipinski definition) is 8. The molecular weight excluding hydrogens is 516 g/mol. The maximum atomic E-state index is 13.4. The summed E-state index contributed by atoms with van der Waals surface area (Å²) in [6, 6.07) is 3.73. The lowest BCUT2D eigenvalue weighted by atomic mass is 9.90. The van der Waals surface area contributed by atoms with Crippen molar-refractivity contribution >= 4 is 17.4 Å². The largest absolute Gasteiger partial charge is 0.490 e. The molecule has 0 bridgehead atoms. The van der Waals surface area contributed by atoms with Crippen LogP contribution >= 0.6 is 0 Å². The van der Waals surface area contributed by atoms with E-state index in [1.54, 1.807) is 17.5 Å². The summed E-state index contributed by atoms with van der Waals surface area (Å²) in [5.74, 6) is -2.32. The fourth-order valence-corrected chi connectivity index (χ4v) is 3.17. The standard InChI is InChI=1S/C19H16F3N5O3.C2HF3O2/c1-10-2-3-11(18(29,8-28)19(20,21)22)4-12(10)14-5-25-17-16(23)26-13(7-27(14)17)15-6-24-9-30-15;3-2(4,5)1(6)7/h2-7,9,28-29H,8H2,1H3,(H2,23,26);(H,6,7). The SMILES string of the molecule is Cc1ccc(C(O)(CO)C(F)(F)F)cc1-c1cnc2c(N)nc(-c3cnco3)cn12.O=C(O)C(F)(F)F. The molecule has 0 aliphatic rings. The predicted octanol–water partition coefficient (Wildman–Crippen LogP) is 3.32. The summed E-state index contributed by atoms with van der Waals surface area (Å²) in [5.41, 5.74) is 4.16. The molecule has 0 radical (unpaired) electrons. The third kappa shape index (κ3) is 5.34. The number of nitrogen functional groups attached to an aromatic ring is 1. The first-order valence-corrected chi connectivity index (χ1v) is 9.94. The van der Waals surface area contributed by atoms with Gasteiger partial charge in [-0.25, -0.2) is 19.7 Å². The summed E-state index contributed by atoms with van der Waals surface area (Å²) in [6.45, 7) is 0.185. The number of alkyl halides is 6. The van der Waals surface area contributed by atoms with E-state index in [0.717, 1.165) is 6.07 Å². The number of aliphatic carboxylic acids is 1. The number of benzene rings is 1. The highest BCUT2D eigenvalue weighted by atomic mass is 19.4. The summed E-state index contributed by atoms with van der Waals surface area (Å²) in [4.78, 5) is 21.2. The molecule has 16 heteroatoms. The number of nitrogens with two attached hydrogens (primary N) is 1. The summed E-state index contributed by atoms with van der Waals surface area (Å²) >= 11 is 0. The van der Waals surface area contributed by atoms with E-state index in [2.05, 4.69) is 15.0 Å². The summed E-state index contributed by atoms with van der Waals surface area (Å²) in [5, 5.41) is 26.5. The molecule has 37 heavy (non-hydrogen) atoms. The number of carbonyl (C=O) groups is 1. The highest BCUT2D eigenvalue weighted by molar-refractivity contribution is 5.74. The van der Waals surface area contributed by atoms with Gasteiger partial charge in [0, 0.05) is 11.8 Å². The lowest BCUT2D eigenvalue weighted by Gasteiger charge is -2.29. The number of oxazole rings is 1. The second-order valence-electron chi connectivity index (χ2n) is 7.56. The third-order valence-electron chi connectivity index (χ3n) is 5.13. The average molecular weight is 533 g/mol. The van der Waals surface area contributed by atoms with Crippen molar-refractivity contribution in [3.8, 4) is 22.7 Å². The fraction of sp³-hybridized carbons (Fsp3) is 0.238. The van der Waals surface area contributed by atoms with Crippen molar-refractivity contribution < 1.29 is 50.9 Å². The highest BCUT2D eigenvalue weighted by Gasteiger charge is 2.54. The first kappa shape index (κ1) is 27.4. The summed E-state index contributed by atoms with van der Waals surface area (Å²) in [7, 11) is 0. The molecule has 0 aliphatic heterocycles. The molecule has 1 atom stereocenters. The van der Waals surface area contributed by atoms with Crippen LogP contribution in [0.2, 0.25) is 0 Å². The Morgan fingerprint density at radius 1 is 1.16 bits per heavy atom. The van der Waals surface area contributed by atoms with Crippen molar-refractivity contribution in [2.24, 2.45) is 0 Å². The van der Waals surface area contributed by atoms with Gasteiger partial charge in [-0.15, -0.1) is 0 Å². The van der Waals surface area contributed by atoms with Crippen molar-refractivity contribution in [1.82, 2.24) is 19.4 Å². The number of aliphatic hydroxyl groups excluding tert-OH is 1. The Morgan fingerprint density at radius 2 is 1.81 bits per heavy atom. The number of rotatable bonds is 4. The van der Waals surface area contributed by atoms with E-state index < -0.39 is 36.1 Å². The van der Waals surface area contributed by atoms with Gasteiger partial charge in [0.2, 0.25) is 5.60 Å². The summed E-state index contributed by atoms with van der Waals surface area (Å²) < 4.78 is 78.8. The lowest BCUT2D eigenvalue weighted by molar-refractivity contribution is -0.277. The van der Waals surface area contributed by atoms with Gasteiger partial charge < -0.3 is 25.5 Å². The number of aryl methyl sites for hydroxylation is 1. The van der Waals surface area contributed by atoms with E-state index in [4.69, 9.17) is 20.1 Å². The predicted molar refractivity (Wildman–Crippen MR) is 114 cm³/mol. The number of anilines is 1. The Bertz CT molecular complexity index is 1420. The molecule has 3 heterocycles. The number of aliphatic hydroxyl groups is 2. The minimum atomic E-state index is -5.08. The smallest absolute Gasteiger partial charge is 0.475 e. The van der Waals surface area contributed by atoms with Gasteiger partial charge in [-0.05, 0) is 24.1 Å². The molecule has 1 aromatic carbocycles. The first-order valence-electron chi connectivity index (χ1n) is 9.94. The Kier molecular flexibility index (Phi) is 7.19. The van der Waals surface area contributed by atoms with Crippen molar-refractivity contribution in [2.75, 3.05) is 12.3 Å². The second kappa shape index (κ2) is 9.70. The Labute approximate surface area is 202 Å². The van der Waals surface area contributed by atoms with Crippen LogP contribution in [0.3, 0.4) is 0 Å². The molecule has 0 amide bonds. The average Bonchev–Trinajstić information content (AvgIpc) is 3.48. The van der Waals surface area contributed by atoms with Crippen LogP contribution in [0.5, 0.6) is 0 Å². The van der Waals surface area contributed by atoms with Crippen molar-refractivity contribution in [3.63, 3.8) is 0 Å². The Hall–Kier alpha value is -4.18. The van der Waals surface area contributed by atoms with Gasteiger partial charge >= 0.3 is 18.3 Å². The number of fused-ring (bicyclic) bond motifs is 1. The van der Waals surface area contributed by atoms with Gasteiger partial charge in [0.1, 0.15) is 5.69 Å². The second-order valence-corrected chi connectivity index (χ2v) is 7.56. The first-order chi connectivity index (χ1) is 17.1. The van der Waals surface area contributed by atoms with Crippen LogP contribution in [0.15, 0.2) is 47.6 Å². The molecule has 10 nitrogen and oxygen atoms in total. The number of halogens is 6. The number of aromatic nitrogens is 4. The van der Waals surface area contributed by atoms with Crippen LogP contribution < -0.4 is 5.73 Å². The molecule has 4 aromatic rings. The normalized spacial score (nSPS) is 13.6. The molecule has 198 valence electrons. The van der Waals surface area contributed by atoms with Crippen LogP contribution in [-0.2, 0) is 10.4 Å². The molecule has 4 rings (SSSR count). The zero-order chi connectivity index (χ0) is 27.8. The minimum absolute atomic E-state index is 0.0890. The van der Waals surface area contributed by atoms with Crippen LogP contribution in [0, 0.1) is 6.92 Å². The zero-order valence-electron chi connectivity index (χ0n) is 18.5. The van der Waals surface area contributed by atoms with E-state index in [-0.39, 0.29) is 5.82 Å². The molecule has 0 saturated heterocycles. The molecule has 3 aromatic heterocycles.